The lowest BCUT2D eigenvalue weighted by molar-refractivity contribution is -0.139. The van der Waals surface area contributed by atoms with Crippen LogP contribution in [0.2, 0.25) is 0 Å². The molecule has 0 radical (unpaired) electrons. The van der Waals surface area contributed by atoms with Crippen LogP contribution in [0.1, 0.15) is 31.0 Å². The van der Waals surface area contributed by atoms with Crippen LogP contribution in [0, 0.1) is 0 Å². The molecule has 164 valence electrons. The zero-order valence-electron chi connectivity index (χ0n) is 17.9. The van der Waals surface area contributed by atoms with E-state index < -0.39 is 12.0 Å². The number of phenols is 1. The first-order valence-electron chi connectivity index (χ1n) is 10.1. The van der Waals surface area contributed by atoms with Gasteiger partial charge in [-0.3, -0.25) is 9.36 Å². The number of hydrogen-bond donors (Lipinski definition) is 1. The minimum absolute atomic E-state index is 0.124. The largest absolute Gasteiger partial charge is 0.508 e. The standard InChI is InChI=1S/C24H22N2O4S2/c1-4-30-23(29)20-14(2)25-24-26(21(20)16-8-10-18(31-3)11-9-16)22(28)19(32-24)13-15-6-5-7-17(27)12-15/h5-13,21,27H,4H2,1-3H3/b19-13-. The van der Waals surface area contributed by atoms with Gasteiger partial charge in [-0.2, -0.15) is 0 Å². The number of rotatable bonds is 5. The minimum Gasteiger partial charge on any atom is -0.508 e. The Morgan fingerprint density at radius 2 is 2.03 bits per heavy atom. The number of fused-ring (bicyclic) bond motifs is 1. The predicted octanol–water partition coefficient (Wildman–Crippen LogP) is 3.23. The Morgan fingerprint density at radius 3 is 2.69 bits per heavy atom. The Morgan fingerprint density at radius 1 is 1.28 bits per heavy atom. The number of allylic oxidation sites excluding steroid dienone is 1. The number of benzene rings is 2. The maximum atomic E-state index is 13.5. The van der Waals surface area contributed by atoms with Crippen molar-refractivity contribution in [1.82, 2.24) is 4.57 Å². The summed E-state index contributed by atoms with van der Waals surface area (Å²) in [5.41, 5.74) is 2.17. The molecule has 6 nitrogen and oxygen atoms in total. The van der Waals surface area contributed by atoms with Crippen LogP contribution in [0.4, 0.5) is 0 Å². The highest BCUT2D eigenvalue weighted by Crippen LogP contribution is 2.31. The smallest absolute Gasteiger partial charge is 0.338 e. The molecule has 1 N–H and O–H groups in total. The molecular weight excluding hydrogens is 444 g/mol. The Bertz CT molecular complexity index is 1380. The van der Waals surface area contributed by atoms with Crippen molar-refractivity contribution in [2.75, 3.05) is 12.9 Å². The number of ether oxygens (including phenoxy) is 1. The number of thiazole rings is 1. The molecule has 4 rings (SSSR count). The first kappa shape index (κ1) is 22.1. The van der Waals surface area contributed by atoms with E-state index in [1.807, 2.05) is 36.6 Å². The molecule has 0 saturated heterocycles. The van der Waals surface area contributed by atoms with Gasteiger partial charge < -0.3 is 9.84 Å². The van der Waals surface area contributed by atoms with Gasteiger partial charge in [-0.05, 0) is 61.6 Å². The van der Waals surface area contributed by atoms with Gasteiger partial charge in [0.05, 0.1) is 28.5 Å². The van der Waals surface area contributed by atoms with Gasteiger partial charge in [-0.25, -0.2) is 9.79 Å². The molecule has 0 amide bonds. The van der Waals surface area contributed by atoms with Gasteiger partial charge >= 0.3 is 5.97 Å². The zero-order valence-corrected chi connectivity index (χ0v) is 19.5. The van der Waals surface area contributed by atoms with Crippen molar-refractivity contribution in [2.24, 2.45) is 4.99 Å². The van der Waals surface area contributed by atoms with E-state index in [0.29, 0.717) is 26.2 Å². The molecule has 0 bridgehead atoms. The Labute approximate surface area is 193 Å². The van der Waals surface area contributed by atoms with Crippen LogP contribution in [0.3, 0.4) is 0 Å². The summed E-state index contributed by atoms with van der Waals surface area (Å²) in [4.78, 5) is 32.5. The lowest BCUT2D eigenvalue weighted by Crippen LogP contribution is -2.39. The van der Waals surface area contributed by atoms with E-state index >= 15 is 0 Å². The van der Waals surface area contributed by atoms with E-state index in [0.717, 1.165) is 10.5 Å². The highest BCUT2D eigenvalue weighted by atomic mass is 32.2. The van der Waals surface area contributed by atoms with E-state index in [-0.39, 0.29) is 17.9 Å². The Hall–Kier alpha value is -3.10. The average Bonchev–Trinajstić information content (AvgIpc) is 3.07. The number of hydrogen-bond acceptors (Lipinski definition) is 7. The van der Waals surface area contributed by atoms with Crippen LogP contribution in [0.5, 0.6) is 5.75 Å². The molecule has 0 saturated carbocycles. The minimum atomic E-state index is -0.632. The maximum Gasteiger partial charge on any atom is 0.338 e. The van der Waals surface area contributed by atoms with Crippen LogP contribution in [-0.2, 0) is 9.53 Å². The van der Waals surface area contributed by atoms with E-state index in [1.54, 1.807) is 54.5 Å². The fourth-order valence-corrected chi connectivity index (χ4v) is 5.11. The fourth-order valence-electron chi connectivity index (χ4n) is 3.66. The molecule has 2 heterocycles. The number of nitrogens with zero attached hydrogens (tertiary/aromatic N) is 2. The molecule has 2 aromatic carbocycles. The summed E-state index contributed by atoms with van der Waals surface area (Å²) in [5.74, 6) is -0.353. The third-order valence-electron chi connectivity index (χ3n) is 5.12. The number of esters is 1. The van der Waals surface area contributed by atoms with Gasteiger partial charge in [0.25, 0.3) is 5.56 Å². The van der Waals surface area contributed by atoms with Gasteiger partial charge in [0.15, 0.2) is 4.80 Å². The first-order chi connectivity index (χ1) is 15.4. The summed E-state index contributed by atoms with van der Waals surface area (Å²) < 4.78 is 7.34. The summed E-state index contributed by atoms with van der Waals surface area (Å²) in [6.07, 6.45) is 3.72. The molecule has 0 spiro atoms. The van der Waals surface area contributed by atoms with Crippen molar-refractivity contribution in [1.29, 1.82) is 0 Å². The molecule has 1 aliphatic heterocycles. The highest BCUT2D eigenvalue weighted by molar-refractivity contribution is 7.98. The van der Waals surface area contributed by atoms with Gasteiger partial charge in [0, 0.05) is 4.90 Å². The summed E-state index contributed by atoms with van der Waals surface area (Å²) in [5, 5.41) is 9.76. The van der Waals surface area contributed by atoms with E-state index in [9.17, 15) is 14.7 Å². The Kier molecular flexibility index (Phi) is 6.34. The van der Waals surface area contributed by atoms with Gasteiger partial charge in [-0.1, -0.05) is 35.6 Å². The molecule has 0 aliphatic carbocycles. The number of thioether (sulfide) groups is 1. The summed E-state index contributed by atoms with van der Waals surface area (Å²) in [7, 11) is 0. The number of aromatic hydroxyl groups is 1. The Balaban J connectivity index is 1.94. The molecule has 1 aromatic heterocycles. The van der Waals surface area contributed by atoms with E-state index in [4.69, 9.17) is 4.74 Å². The molecule has 8 heteroatoms. The van der Waals surface area contributed by atoms with E-state index in [2.05, 4.69) is 4.99 Å². The van der Waals surface area contributed by atoms with Crippen molar-refractivity contribution in [3.05, 3.63) is 90.6 Å². The lowest BCUT2D eigenvalue weighted by atomic mass is 9.96. The van der Waals surface area contributed by atoms with Crippen LogP contribution >= 0.6 is 23.1 Å². The molecule has 0 fully saturated rings. The molecule has 1 aliphatic rings. The number of phenolic OH excluding ortho intramolecular Hbond substituents is 1. The molecule has 32 heavy (non-hydrogen) atoms. The quantitative estimate of drug-likeness (QED) is 0.461. The second-order valence-corrected chi connectivity index (χ2v) is 9.06. The number of aromatic nitrogens is 1. The summed E-state index contributed by atoms with van der Waals surface area (Å²) >= 11 is 2.88. The van der Waals surface area contributed by atoms with Crippen molar-refractivity contribution in [3.63, 3.8) is 0 Å². The molecule has 1 atom stereocenters. The normalized spacial score (nSPS) is 16.0. The van der Waals surface area contributed by atoms with Crippen LogP contribution in [0.25, 0.3) is 6.08 Å². The zero-order chi connectivity index (χ0) is 22.8. The SMILES string of the molecule is CCOC(=O)C1=C(C)N=c2s/c(=C\c3cccc(O)c3)c(=O)n2C1c1ccc(SC)cc1. The average molecular weight is 467 g/mol. The monoisotopic (exact) mass is 466 g/mol. The molecule has 1 unspecified atom stereocenters. The third kappa shape index (κ3) is 4.16. The maximum absolute atomic E-state index is 13.5. The van der Waals surface area contributed by atoms with Crippen molar-refractivity contribution < 1.29 is 14.6 Å². The van der Waals surface area contributed by atoms with Crippen LogP contribution in [-0.4, -0.2) is 28.5 Å². The highest BCUT2D eigenvalue weighted by Gasteiger charge is 2.33. The van der Waals surface area contributed by atoms with E-state index in [1.165, 1.54) is 11.3 Å². The number of carbonyl (C=O) groups excluding carboxylic acids is 1. The van der Waals surface area contributed by atoms with Gasteiger partial charge in [0.2, 0.25) is 0 Å². The van der Waals surface area contributed by atoms with Crippen molar-refractivity contribution >= 4 is 35.1 Å². The topological polar surface area (TPSA) is 80.9 Å². The summed E-state index contributed by atoms with van der Waals surface area (Å²) in [6, 6.07) is 13.9. The fraction of sp³-hybridized carbons (Fsp3) is 0.208. The van der Waals surface area contributed by atoms with Crippen LogP contribution < -0.4 is 14.9 Å². The number of carbonyl (C=O) groups is 1. The second-order valence-electron chi connectivity index (χ2n) is 7.17. The van der Waals surface area contributed by atoms with Crippen LogP contribution in [0.15, 0.2) is 74.5 Å². The molecule has 3 aromatic rings. The predicted molar refractivity (Wildman–Crippen MR) is 127 cm³/mol. The summed E-state index contributed by atoms with van der Waals surface area (Å²) in [6.45, 7) is 3.75. The van der Waals surface area contributed by atoms with Crippen molar-refractivity contribution in [3.8, 4) is 5.75 Å². The molecular formula is C24H22N2O4S2. The third-order valence-corrected chi connectivity index (χ3v) is 6.84. The lowest BCUT2D eigenvalue weighted by Gasteiger charge is -2.24. The second kappa shape index (κ2) is 9.18. The van der Waals surface area contributed by atoms with Gasteiger partial charge in [0.1, 0.15) is 5.75 Å². The van der Waals surface area contributed by atoms with Crippen molar-refractivity contribution in [2.45, 2.75) is 24.8 Å². The van der Waals surface area contributed by atoms with Gasteiger partial charge in [-0.15, -0.1) is 11.8 Å². The first-order valence-corrected chi connectivity index (χ1v) is 12.1.